The number of hydrogen-bond donors (Lipinski definition) is 2. The third kappa shape index (κ3) is 4.35. The molecule has 2 N–H and O–H groups in total. The molecule has 2 unspecified atom stereocenters. The number of ether oxygens (including phenoxy) is 1. The Morgan fingerprint density at radius 1 is 1.19 bits per heavy atom. The number of anilines is 1. The standard InChI is InChI=1S/C25H25N5O2/c1-16-24(17(2)30(29-16)22-9-11-23(32-3)12-10-22)19-7-8-21(14-19)28-25(31)27-20-6-4-5-18(13-20)15-26/h4-13,19,21H,14H2,1-3H3,(H2,27,28,31). The Hall–Kier alpha value is -4.05. The Bertz CT molecular complexity index is 1200. The Morgan fingerprint density at radius 3 is 2.69 bits per heavy atom. The predicted octanol–water partition coefficient (Wildman–Crippen LogP) is 4.60. The quantitative estimate of drug-likeness (QED) is 0.582. The molecule has 0 saturated heterocycles. The number of nitriles is 1. The smallest absolute Gasteiger partial charge is 0.319 e. The van der Waals surface area contributed by atoms with Crippen LogP contribution in [0.4, 0.5) is 10.5 Å². The maximum absolute atomic E-state index is 12.4. The van der Waals surface area contributed by atoms with Crippen molar-refractivity contribution >= 4 is 11.7 Å². The second kappa shape index (κ2) is 8.98. The summed E-state index contributed by atoms with van der Waals surface area (Å²) >= 11 is 0. The number of amides is 2. The van der Waals surface area contributed by atoms with Crippen molar-refractivity contribution in [3.05, 3.63) is 83.2 Å². The van der Waals surface area contributed by atoms with Gasteiger partial charge >= 0.3 is 6.03 Å². The molecule has 0 spiro atoms. The van der Waals surface area contributed by atoms with E-state index in [1.807, 2.05) is 41.9 Å². The van der Waals surface area contributed by atoms with E-state index >= 15 is 0 Å². The van der Waals surface area contributed by atoms with Crippen LogP contribution < -0.4 is 15.4 Å². The molecule has 1 aliphatic carbocycles. The summed E-state index contributed by atoms with van der Waals surface area (Å²) < 4.78 is 7.20. The normalized spacial score (nSPS) is 17.1. The summed E-state index contributed by atoms with van der Waals surface area (Å²) in [5.41, 5.74) is 5.32. The summed E-state index contributed by atoms with van der Waals surface area (Å²) in [6, 6.07) is 16.4. The molecule has 0 saturated carbocycles. The average molecular weight is 428 g/mol. The summed E-state index contributed by atoms with van der Waals surface area (Å²) in [6.45, 7) is 4.09. The van der Waals surface area contributed by atoms with Crippen molar-refractivity contribution in [3.8, 4) is 17.5 Å². The number of hydrogen-bond acceptors (Lipinski definition) is 4. The molecule has 1 heterocycles. The van der Waals surface area contributed by atoms with E-state index in [9.17, 15) is 4.79 Å². The minimum atomic E-state index is -0.294. The number of rotatable bonds is 5. The first-order valence-corrected chi connectivity index (χ1v) is 10.4. The Balaban J connectivity index is 1.43. The predicted molar refractivity (Wildman–Crippen MR) is 123 cm³/mol. The largest absolute Gasteiger partial charge is 0.497 e. The van der Waals surface area contributed by atoms with Gasteiger partial charge in [0.25, 0.3) is 0 Å². The van der Waals surface area contributed by atoms with E-state index in [4.69, 9.17) is 15.1 Å². The van der Waals surface area contributed by atoms with Crippen LogP contribution in [-0.2, 0) is 0 Å². The molecule has 2 atom stereocenters. The fourth-order valence-corrected chi connectivity index (χ4v) is 4.19. The molecule has 7 nitrogen and oxygen atoms in total. The van der Waals surface area contributed by atoms with Crippen LogP contribution in [0, 0.1) is 25.2 Å². The Labute approximate surface area is 187 Å². The monoisotopic (exact) mass is 427 g/mol. The molecule has 7 heteroatoms. The first-order chi connectivity index (χ1) is 15.5. The molecule has 0 aliphatic heterocycles. The van der Waals surface area contributed by atoms with Crippen LogP contribution in [0.15, 0.2) is 60.7 Å². The van der Waals surface area contributed by atoms with Gasteiger partial charge < -0.3 is 15.4 Å². The van der Waals surface area contributed by atoms with E-state index in [2.05, 4.69) is 29.7 Å². The highest BCUT2D eigenvalue weighted by molar-refractivity contribution is 5.89. The van der Waals surface area contributed by atoms with Gasteiger partial charge in [-0.3, -0.25) is 0 Å². The molecule has 1 aromatic heterocycles. The van der Waals surface area contributed by atoms with Gasteiger partial charge in [0.05, 0.1) is 30.1 Å². The number of methoxy groups -OCH3 is 1. The van der Waals surface area contributed by atoms with E-state index in [1.54, 1.807) is 31.4 Å². The van der Waals surface area contributed by atoms with Crippen LogP contribution >= 0.6 is 0 Å². The van der Waals surface area contributed by atoms with Gasteiger partial charge in [0.2, 0.25) is 0 Å². The molecular weight excluding hydrogens is 402 g/mol. The summed E-state index contributed by atoms with van der Waals surface area (Å²) in [5.74, 6) is 0.981. The van der Waals surface area contributed by atoms with E-state index < -0.39 is 0 Å². The summed E-state index contributed by atoms with van der Waals surface area (Å²) in [6.07, 6.45) is 4.93. The minimum Gasteiger partial charge on any atom is -0.497 e. The second-order valence-corrected chi connectivity index (χ2v) is 7.82. The maximum Gasteiger partial charge on any atom is 0.319 e. The third-order valence-electron chi connectivity index (χ3n) is 5.68. The first kappa shape index (κ1) is 21.2. The van der Waals surface area contributed by atoms with Gasteiger partial charge in [0, 0.05) is 28.9 Å². The molecule has 3 aromatic rings. The Morgan fingerprint density at radius 2 is 1.97 bits per heavy atom. The molecule has 32 heavy (non-hydrogen) atoms. The highest BCUT2D eigenvalue weighted by Crippen LogP contribution is 2.34. The minimum absolute atomic E-state index is 0.0812. The number of aromatic nitrogens is 2. The number of carbonyl (C=O) groups excluding carboxylic acids is 1. The molecule has 0 fully saturated rings. The van der Waals surface area contributed by atoms with Crippen molar-refractivity contribution in [2.45, 2.75) is 32.2 Å². The molecule has 1 aliphatic rings. The van der Waals surface area contributed by atoms with Crippen LogP contribution in [0.3, 0.4) is 0 Å². The molecule has 162 valence electrons. The molecule has 2 amide bonds. The van der Waals surface area contributed by atoms with Crippen molar-refractivity contribution in [2.24, 2.45) is 0 Å². The molecule has 0 radical (unpaired) electrons. The zero-order valence-electron chi connectivity index (χ0n) is 18.3. The zero-order chi connectivity index (χ0) is 22.7. The van der Waals surface area contributed by atoms with Crippen molar-refractivity contribution < 1.29 is 9.53 Å². The van der Waals surface area contributed by atoms with E-state index in [-0.39, 0.29) is 18.0 Å². The van der Waals surface area contributed by atoms with Crippen LogP contribution in [0.5, 0.6) is 5.75 Å². The van der Waals surface area contributed by atoms with Crippen LogP contribution in [0.1, 0.15) is 34.9 Å². The number of benzene rings is 2. The SMILES string of the molecule is COc1ccc(-n2nc(C)c(C3C=CC(NC(=O)Nc4cccc(C#N)c4)C3)c2C)cc1. The summed E-state index contributed by atoms with van der Waals surface area (Å²) in [5, 5.41) is 19.5. The van der Waals surface area contributed by atoms with Gasteiger partial charge in [-0.25, -0.2) is 9.48 Å². The lowest BCUT2D eigenvalue weighted by Crippen LogP contribution is -2.36. The van der Waals surface area contributed by atoms with Gasteiger partial charge in [0.1, 0.15) is 5.75 Å². The number of urea groups is 1. The molecular formula is C25H25N5O2. The lowest BCUT2D eigenvalue weighted by Gasteiger charge is -2.15. The topological polar surface area (TPSA) is 92.0 Å². The third-order valence-corrected chi connectivity index (χ3v) is 5.68. The first-order valence-electron chi connectivity index (χ1n) is 10.4. The number of nitrogens with zero attached hydrogens (tertiary/aromatic N) is 3. The van der Waals surface area contributed by atoms with Crippen LogP contribution in [-0.4, -0.2) is 29.0 Å². The summed E-state index contributed by atoms with van der Waals surface area (Å²) in [4.78, 5) is 12.4. The van der Waals surface area contributed by atoms with Crippen molar-refractivity contribution in [3.63, 3.8) is 0 Å². The molecule has 0 bridgehead atoms. The van der Waals surface area contributed by atoms with Gasteiger partial charge in [0.15, 0.2) is 0 Å². The van der Waals surface area contributed by atoms with Crippen LogP contribution in [0.2, 0.25) is 0 Å². The lowest BCUT2D eigenvalue weighted by atomic mass is 9.96. The van der Waals surface area contributed by atoms with E-state index in [0.29, 0.717) is 11.3 Å². The maximum atomic E-state index is 12.4. The van der Waals surface area contributed by atoms with Crippen molar-refractivity contribution in [2.75, 3.05) is 12.4 Å². The fraction of sp³-hybridized carbons (Fsp3) is 0.240. The molecule has 4 rings (SSSR count). The zero-order valence-corrected chi connectivity index (χ0v) is 18.3. The van der Waals surface area contributed by atoms with E-state index in [1.165, 1.54) is 5.56 Å². The van der Waals surface area contributed by atoms with Gasteiger partial charge in [-0.2, -0.15) is 10.4 Å². The summed E-state index contributed by atoms with van der Waals surface area (Å²) in [7, 11) is 1.65. The average Bonchev–Trinajstić information content (AvgIpc) is 3.36. The van der Waals surface area contributed by atoms with Gasteiger partial charge in [-0.05, 0) is 62.7 Å². The fourth-order valence-electron chi connectivity index (χ4n) is 4.19. The number of nitrogens with one attached hydrogen (secondary N) is 2. The lowest BCUT2D eigenvalue weighted by molar-refractivity contribution is 0.250. The van der Waals surface area contributed by atoms with E-state index in [0.717, 1.165) is 29.2 Å². The van der Waals surface area contributed by atoms with Gasteiger partial charge in [-0.1, -0.05) is 18.2 Å². The second-order valence-electron chi connectivity index (χ2n) is 7.82. The van der Waals surface area contributed by atoms with Gasteiger partial charge in [-0.15, -0.1) is 0 Å². The Kier molecular flexibility index (Phi) is 5.95. The van der Waals surface area contributed by atoms with Crippen molar-refractivity contribution in [1.29, 1.82) is 5.26 Å². The molecule has 2 aromatic carbocycles. The number of allylic oxidation sites excluding steroid dienone is 1. The van der Waals surface area contributed by atoms with Crippen molar-refractivity contribution in [1.82, 2.24) is 15.1 Å². The van der Waals surface area contributed by atoms with Crippen LogP contribution in [0.25, 0.3) is 5.69 Å². The number of carbonyl (C=O) groups is 1. The highest BCUT2D eigenvalue weighted by Gasteiger charge is 2.27. The highest BCUT2D eigenvalue weighted by atomic mass is 16.5. The number of aryl methyl sites for hydroxylation is 1.